The fourth-order valence-electron chi connectivity index (χ4n) is 4.30. The van der Waals surface area contributed by atoms with Crippen molar-refractivity contribution >= 4 is 23.3 Å². The lowest BCUT2D eigenvalue weighted by atomic mass is 9.93. The smallest absolute Gasteiger partial charge is 0.396 e. The quantitative estimate of drug-likeness (QED) is 0.154. The van der Waals surface area contributed by atoms with Crippen LogP contribution in [0.5, 0.6) is 0 Å². The first-order chi connectivity index (χ1) is 22.8. The van der Waals surface area contributed by atoms with E-state index in [1.807, 2.05) is 0 Å². The van der Waals surface area contributed by atoms with Crippen LogP contribution in [0.3, 0.4) is 0 Å². The van der Waals surface area contributed by atoms with Crippen LogP contribution in [0.25, 0.3) is 0 Å². The number of amides is 1. The van der Waals surface area contributed by atoms with Gasteiger partial charge in [-0.2, -0.15) is 39.5 Å². The Labute approximate surface area is 279 Å². The van der Waals surface area contributed by atoms with E-state index >= 15 is 0 Å². The van der Waals surface area contributed by atoms with Crippen LogP contribution in [0.2, 0.25) is 0 Å². The molecule has 1 heterocycles. The van der Waals surface area contributed by atoms with Gasteiger partial charge in [0.2, 0.25) is 5.91 Å². The third-order valence-corrected chi connectivity index (χ3v) is 7.13. The molecule has 1 aliphatic heterocycles. The van der Waals surface area contributed by atoms with E-state index in [0.717, 1.165) is 36.4 Å². The summed E-state index contributed by atoms with van der Waals surface area (Å²) < 4.78 is 117. The number of aliphatic hydroxyl groups excluding tert-OH is 2. The lowest BCUT2D eigenvalue weighted by Gasteiger charge is -2.24. The van der Waals surface area contributed by atoms with Crippen molar-refractivity contribution in [3.8, 4) is 0 Å². The minimum absolute atomic E-state index is 0.0462. The van der Waals surface area contributed by atoms with Crippen molar-refractivity contribution in [1.29, 1.82) is 0 Å². The monoisotopic (exact) mass is 730 g/mol. The number of carbonyl (C=O) groups is 2. The molecule has 7 nitrogen and oxygen atoms in total. The summed E-state index contributed by atoms with van der Waals surface area (Å²) in [4.78, 5) is 22.2. The molecule has 4 rings (SSSR count). The fourth-order valence-corrected chi connectivity index (χ4v) is 4.40. The largest absolute Gasteiger partial charge is 0.416 e. The summed E-state index contributed by atoms with van der Waals surface area (Å²) in [6, 6.07) is 12.8. The number of ketones is 1. The molecule has 0 spiro atoms. The van der Waals surface area contributed by atoms with Gasteiger partial charge in [0, 0.05) is 12.3 Å². The lowest BCUT2D eigenvalue weighted by Crippen LogP contribution is -2.39. The Bertz CT molecular complexity index is 1520. The van der Waals surface area contributed by atoms with Gasteiger partial charge in [0.05, 0.1) is 54.5 Å². The summed E-state index contributed by atoms with van der Waals surface area (Å²) in [7, 11) is 0. The summed E-state index contributed by atoms with van der Waals surface area (Å²) >= 11 is 5.33. The van der Waals surface area contributed by atoms with Crippen molar-refractivity contribution in [1.82, 2.24) is 5.32 Å². The average molecular weight is 731 g/mol. The van der Waals surface area contributed by atoms with Crippen LogP contribution in [-0.2, 0) is 32.9 Å². The van der Waals surface area contributed by atoms with Gasteiger partial charge in [-0.05, 0) is 47.0 Å². The summed E-state index contributed by atoms with van der Waals surface area (Å²) in [5.41, 5.74) is 4.08. The second-order valence-electron chi connectivity index (χ2n) is 10.5. The van der Waals surface area contributed by atoms with Crippen molar-refractivity contribution in [3.05, 3.63) is 106 Å². The molecule has 1 saturated heterocycles. The Morgan fingerprint density at radius 2 is 1.31 bits per heavy atom. The summed E-state index contributed by atoms with van der Waals surface area (Å²) in [5.74, 6) is -1.50. The minimum Gasteiger partial charge on any atom is -0.396 e. The molecule has 1 amide bonds. The number of morpholine rings is 1. The van der Waals surface area contributed by atoms with E-state index in [0.29, 0.717) is 5.56 Å². The van der Waals surface area contributed by atoms with Gasteiger partial charge in [-0.25, -0.2) is 0 Å². The highest BCUT2D eigenvalue weighted by molar-refractivity contribution is 6.27. The maximum absolute atomic E-state index is 12.5. The van der Waals surface area contributed by atoms with Gasteiger partial charge in [-0.1, -0.05) is 42.5 Å². The molecule has 5 N–H and O–H groups in total. The van der Waals surface area contributed by atoms with Gasteiger partial charge in [-0.15, -0.1) is 11.6 Å². The molecule has 270 valence electrons. The normalized spacial score (nSPS) is 16.3. The highest BCUT2D eigenvalue weighted by Gasteiger charge is 2.33. The van der Waals surface area contributed by atoms with Gasteiger partial charge in [0.1, 0.15) is 12.4 Å². The number of benzene rings is 3. The van der Waals surface area contributed by atoms with E-state index in [1.165, 1.54) is 36.4 Å². The van der Waals surface area contributed by atoms with Crippen LogP contribution in [0.15, 0.2) is 72.8 Å². The molecule has 3 unspecified atom stereocenters. The third kappa shape index (κ3) is 13.6. The second-order valence-corrected chi connectivity index (χ2v) is 10.8. The van der Waals surface area contributed by atoms with Crippen molar-refractivity contribution in [2.24, 2.45) is 5.73 Å². The number of ether oxygens (including phenoxy) is 1. The molecule has 0 aromatic heterocycles. The van der Waals surface area contributed by atoms with Gasteiger partial charge < -0.3 is 26.0 Å². The van der Waals surface area contributed by atoms with Crippen LogP contribution in [-0.4, -0.2) is 54.2 Å². The van der Waals surface area contributed by atoms with Crippen LogP contribution in [0.1, 0.15) is 57.8 Å². The number of carbonyl (C=O) groups excluding carboxylic acids is 2. The lowest BCUT2D eigenvalue weighted by molar-refractivity contribution is -0.138. The Hall–Kier alpha value is -3.70. The van der Waals surface area contributed by atoms with Crippen LogP contribution in [0.4, 0.5) is 39.5 Å². The zero-order valence-electron chi connectivity index (χ0n) is 25.4. The predicted molar refractivity (Wildman–Crippen MR) is 160 cm³/mol. The summed E-state index contributed by atoms with van der Waals surface area (Å²) in [5, 5.41) is 20.4. The summed E-state index contributed by atoms with van der Waals surface area (Å²) in [6.45, 7) is -0.631. The second kappa shape index (κ2) is 18.3. The number of rotatable bonds is 8. The molecule has 3 atom stereocenters. The number of halogens is 10. The number of hydrogen-bond donors (Lipinski definition) is 4. The zero-order valence-corrected chi connectivity index (χ0v) is 26.1. The first-order valence-corrected chi connectivity index (χ1v) is 14.8. The number of nitrogens with one attached hydrogen (secondary N) is 1. The third-order valence-electron chi connectivity index (χ3n) is 6.84. The van der Waals surface area contributed by atoms with Crippen molar-refractivity contribution < 1.29 is 64.1 Å². The number of Topliss-reactive ketones (excluding diaryl/α,β-unsaturated/α-hetero) is 1. The predicted octanol–water partition coefficient (Wildman–Crippen LogP) is 6.57. The number of nitrogens with two attached hydrogens (primary N) is 1. The highest BCUT2D eigenvalue weighted by Crippen LogP contribution is 2.33. The molecule has 49 heavy (non-hydrogen) atoms. The van der Waals surface area contributed by atoms with E-state index in [1.54, 1.807) is 0 Å². The molecule has 3 aromatic rings. The Morgan fingerprint density at radius 1 is 0.816 bits per heavy atom. The van der Waals surface area contributed by atoms with Crippen molar-refractivity contribution in [3.63, 3.8) is 0 Å². The van der Waals surface area contributed by atoms with Gasteiger partial charge in [0.15, 0.2) is 0 Å². The highest BCUT2D eigenvalue weighted by atomic mass is 35.5. The van der Waals surface area contributed by atoms with Gasteiger partial charge in [0.25, 0.3) is 0 Å². The maximum atomic E-state index is 12.5. The minimum atomic E-state index is -4.44. The van der Waals surface area contributed by atoms with E-state index in [9.17, 15) is 49.1 Å². The van der Waals surface area contributed by atoms with Crippen molar-refractivity contribution in [2.45, 2.75) is 43.0 Å². The number of alkyl halides is 10. The Kier molecular flexibility index (Phi) is 15.5. The Balaban J connectivity index is 0.000000257. The molecular formula is C32H32ClF9N2O5. The maximum Gasteiger partial charge on any atom is 0.416 e. The Morgan fingerprint density at radius 3 is 1.78 bits per heavy atom. The van der Waals surface area contributed by atoms with Gasteiger partial charge in [-0.3, -0.25) is 9.59 Å². The molecule has 1 fully saturated rings. The number of aliphatic hydroxyl groups is 2. The molecule has 0 aliphatic carbocycles. The SMILES string of the molecule is NC(CO)c1cccc(C(F)(F)F)c1.O=C(CCl)CC(CO)c1cccc(C(F)(F)F)c1.O=C1COCC(c2cccc(C(F)(F)F)c2)N1. The average Bonchev–Trinajstić information content (AvgIpc) is 3.06. The van der Waals surface area contributed by atoms with Crippen LogP contribution in [0, 0.1) is 0 Å². The van der Waals surface area contributed by atoms with Crippen LogP contribution < -0.4 is 11.1 Å². The van der Waals surface area contributed by atoms with E-state index in [-0.39, 0.29) is 54.9 Å². The topological polar surface area (TPSA) is 122 Å². The first-order valence-electron chi connectivity index (χ1n) is 14.2. The van der Waals surface area contributed by atoms with Crippen molar-refractivity contribution in [2.75, 3.05) is 32.3 Å². The molecule has 0 saturated carbocycles. The fraction of sp³-hybridized carbons (Fsp3) is 0.375. The summed E-state index contributed by atoms with van der Waals surface area (Å²) in [6.07, 6.45) is -13.3. The number of hydrogen-bond acceptors (Lipinski definition) is 6. The van der Waals surface area contributed by atoms with E-state index in [2.05, 4.69) is 5.32 Å². The van der Waals surface area contributed by atoms with E-state index < -0.39 is 59.8 Å². The molecule has 17 heteroatoms. The van der Waals surface area contributed by atoms with Gasteiger partial charge >= 0.3 is 18.5 Å². The molecule has 0 radical (unpaired) electrons. The molecule has 1 aliphatic rings. The first kappa shape index (κ1) is 41.5. The van der Waals surface area contributed by atoms with Crippen LogP contribution >= 0.6 is 11.6 Å². The molecule has 3 aromatic carbocycles. The molecule has 0 bridgehead atoms. The standard InChI is InChI=1S/C12H12ClF3O2.C11H10F3NO2.C9H10F3NO/c13-6-11(18)5-9(7-17)8-2-1-3-10(4-8)12(14,15)16;12-11(13,14)8-3-1-2-7(4-8)9-5-17-6-10(16)15-9;10-9(11,12)7-3-1-2-6(4-7)8(13)5-14/h1-4,9,17H,5-7H2;1-4,9H,5-6H2,(H,15,16);1-4,8,14H,5,13H2. The van der Waals surface area contributed by atoms with E-state index in [4.69, 9.17) is 32.3 Å². The zero-order chi connectivity index (χ0) is 37.0. The molecular weight excluding hydrogens is 699 g/mol.